The van der Waals surface area contributed by atoms with Crippen molar-refractivity contribution in [3.05, 3.63) is 41.7 Å². The van der Waals surface area contributed by atoms with Gasteiger partial charge in [-0.15, -0.1) is 0 Å². The maximum absolute atomic E-state index is 5.87. The van der Waals surface area contributed by atoms with Gasteiger partial charge in [0.2, 0.25) is 0 Å². The summed E-state index contributed by atoms with van der Waals surface area (Å²) in [7, 11) is 0. The largest absolute Gasteiger partial charge is 0.269 e. The Morgan fingerprint density at radius 3 is 2.79 bits per heavy atom. The van der Waals surface area contributed by atoms with Crippen molar-refractivity contribution in [3.8, 4) is 0 Å². The Kier molecular flexibility index (Phi) is 3.49. The second-order valence-corrected chi connectivity index (χ2v) is 5.41. The zero-order valence-corrected chi connectivity index (χ0v) is 11.5. The van der Waals surface area contributed by atoms with Gasteiger partial charge in [-0.05, 0) is 41.7 Å². The molecule has 1 aliphatic rings. The molecule has 0 amide bonds. The Hall–Kier alpha value is -1.45. The number of nitrogens with zero attached hydrogens (tertiary/aromatic N) is 2. The first-order chi connectivity index (χ1) is 9.29. The molecule has 2 N–H and O–H groups in total. The molecule has 0 aliphatic carbocycles. The zero-order valence-electron chi connectivity index (χ0n) is 11.5. The molecule has 1 aliphatic heterocycles. The van der Waals surface area contributed by atoms with Crippen LogP contribution < -0.4 is 5.84 Å². The number of hydrogen-bond acceptors (Lipinski definition) is 3. The van der Waals surface area contributed by atoms with E-state index in [-0.39, 0.29) is 0 Å². The highest BCUT2D eigenvalue weighted by molar-refractivity contribution is 5.88. The predicted octanol–water partition coefficient (Wildman–Crippen LogP) is 2.85. The van der Waals surface area contributed by atoms with Crippen LogP contribution in [0.2, 0.25) is 0 Å². The molecule has 1 saturated heterocycles. The predicted molar refractivity (Wildman–Crippen MR) is 78.9 cm³/mol. The quantitative estimate of drug-likeness (QED) is 0.839. The summed E-state index contributed by atoms with van der Waals surface area (Å²) in [6, 6.07) is 6.62. The fourth-order valence-corrected chi connectivity index (χ4v) is 3.16. The molecule has 0 unspecified atom stereocenters. The minimum Gasteiger partial charge on any atom is -0.269 e. The molecule has 2 aromatic rings. The van der Waals surface area contributed by atoms with E-state index in [1.807, 2.05) is 17.4 Å². The standard InChI is InChI=1S/C16H21N3/c1-2-12-10-18-11-14-4-3-5-15(16(12)14)13-6-8-19(17)9-7-13/h3-5,10-11,13H,2,6-9,17H2,1H3. The number of benzene rings is 1. The maximum Gasteiger partial charge on any atom is 0.0346 e. The van der Waals surface area contributed by atoms with Crippen LogP contribution in [-0.4, -0.2) is 23.1 Å². The molecular formula is C16H21N3. The second kappa shape index (κ2) is 5.27. The second-order valence-electron chi connectivity index (χ2n) is 5.41. The molecule has 1 fully saturated rings. The average molecular weight is 255 g/mol. The smallest absolute Gasteiger partial charge is 0.0346 e. The molecule has 0 spiro atoms. The van der Waals surface area contributed by atoms with Crippen molar-refractivity contribution < 1.29 is 0 Å². The number of piperidine rings is 1. The Labute approximate surface area is 114 Å². The van der Waals surface area contributed by atoms with Gasteiger partial charge < -0.3 is 0 Å². The van der Waals surface area contributed by atoms with E-state index < -0.39 is 0 Å². The normalized spacial score (nSPS) is 18.0. The van der Waals surface area contributed by atoms with Crippen molar-refractivity contribution in [2.24, 2.45) is 5.84 Å². The number of aryl methyl sites for hydroxylation is 1. The van der Waals surface area contributed by atoms with Crippen LogP contribution in [0.1, 0.15) is 36.8 Å². The van der Waals surface area contributed by atoms with E-state index in [2.05, 4.69) is 30.1 Å². The first-order valence-corrected chi connectivity index (χ1v) is 7.14. The summed E-state index contributed by atoms with van der Waals surface area (Å²) in [4.78, 5) is 4.35. The summed E-state index contributed by atoms with van der Waals surface area (Å²) >= 11 is 0. The van der Waals surface area contributed by atoms with Gasteiger partial charge in [0.25, 0.3) is 0 Å². The fourth-order valence-electron chi connectivity index (χ4n) is 3.16. The molecule has 0 bridgehead atoms. The molecule has 1 aromatic carbocycles. The Bertz CT molecular complexity index is 566. The number of hydrazine groups is 1. The van der Waals surface area contributed by atoms with E-state index in [0.717, 1.165) is 32.4 Å². The Morgan fingerprint density at radius 2 is 2.05 bits per heavy atom. The van der Waals surface area contributed by atoms with E-state index in [0.29, 0.717) is 5.92 Å². The molecule has 3 rings (SSSR count). The van der Waals surface area contributed by atoms with Crippen LogP contribution in [0.5, 0.6) is 0 Å². The van der Waals surface area contributed by atoms with Gasteiger partial charge in [-0.3, -0.25) is 10.8 Å². The van der Waals surface area contributed by atoms with Crippen LogP contribution in [0.3, 0.4) is 0 Å². The third kappa shape index (κ3) is 2.36. The van der Waals surface area contributed by atoms with Crippen LogP contribution in [0.15, 0.2) is 30.6 Å². The van der Waals surface area contributed by atoms with Gasteiger partial charge in [0.1, 0.15) is 0 Å². The van der Waals surface area contributed by atoms with Crippen LogP contribution >= 0.6 is 0 Å². The molecule has 0 radical (unpaired) electrons. The molecule has 3 nitrogen and oxygen atoms in total. The van der Waals surface area contributed by atoms with Gasteiger partial charge in [-0.2, -0.15) is 0 Å². The van der Waals surface area contributed by atoms with Crippen LogP contribution in [-0.2, 0) is 6.42 Å². The lowest BCUT2D eigenvalue weighted by Gasteiger charge is -2.29. The van der Waals surface area contributed by atoms with Crippen molar-refractivity contribution >= 4 is 10.8 Å². The zero-order chi connectivity index (χ0) is 13.2. The number of rotatable bonds is 2. The van der Waals surface area contributed by atoms with Gasteiger partial charge in [0, 0.05) is 30.9 Å². The topological polar surface area (TPSA) is 42.2 Å². The van der Waals surface area contributed by atoms with Crippen molar-refractivity contribution in [2.75, 3.05) is 13.1 Å². The molecule has 1 aromatic heterocycles. The van der Waals surface area contributed by atoms with Crippen LogP contribution in [0.25, 0.3) is 10.8 Å². The third-order valence-corrected chi connectivity index (χ3v) is 4.24. The summed E-state index contributed by atoms with van der Waals surface area (Å²) in [5, 5.41) is 4.63. The lowest BCUT2D eigenvalue weighted by Crippen LogP contribution is -2.38. The highest BCUT2D eigenvalue weighted by Gasteiger charge is 2.21. The number of nitrogens with two attached hydrogens (primary N) is 1. The number of aromatic nitrogens is 1. The highest BCUT2D eigenvalue weighted by Crippen LogP contribution is 2.34. The van der Waals surface area contributed by atoms with Gasteiger partial charge >= 0.3 is 0 Å². The minimum atomic E-state index is 0.635. The first kappa shape index (κ1) is 12.6. The molecular weight excluding hydrogens is 234 g/mol. The lowest BCUT2D eigenvalue weighted by molar-refractivity contribution is 0.218. The molecule has 19 heavy (non-hydrogen) atoms. The highest BCUT2D eigenvalue weighted by atomic mass is 15.4. The van der Waals surface area contributed by atoms with Gasteiger partial charge in [-0.1, -0.05) is 25.1 Å². The monoisotopic (exact) mass is 255 g/mol. The van der Waals surface area contributed by atoms with E-state index in [9.17, 15) is 0 Å². The van der Waals surface area contributed by atoms with Crippen molar-refractivity contribution in [2.45, 2.75) is 32.1 Å². The summed E-state index contributed by atoms with van der Waals surface area (Å²) in [6.45, 7) is 4.19. The van der Waals surface area contributed by atoms with E-state index >= 15 is 0 Å². The number of fused-ring (bicyclic) bond motifs is 1. The summed E-state index contributed by atoms with van der Waals surface area (Å²) in [6.07, 6.45) is 7.35. The van der Waals surface area contributed by atoms with Crippen LogP contribution in [0, 0.1) is 0 Å². The van der Waals surface area contributed by atoms with E-state index in [1.165, 1.54) is 21.9 Å². The fraction of sp³-hybridized carbons (Fsp3) is 0.438. The maximum atomic E-state index is 5.87. The number of hydrogen-bond donors (Lipinski definition) is 1. The van der Waals surface area contributed by atoms with Crippen molar-refractivity contribution in [1.29, 1.82) is 0 Å². The lowest BCUT2D eigenvalue weighted by atomic mass is 9.85. The number of pyridine rings is 1. The SMILES string of the molecule is CCc1cncc2cccc(C3CCN(N)CC3)c12. The van der Waals surface area contributed by atoms with E-state index in [4.69, 9.17) is 5.84 Å². The average Bonchev–Trinajstić information content (AvgIpc) is 2.47. The van der Waals surface area contributed by atoms with Gasteiger partial charge in [-0.25, -0.2) is 5.01 Å². The molecule has 2 heterocycles. The Morgan fingerprint density at radius 1 is 1.26 bits per heavy atom. The summed E-state index contributed by atoms with van der Waals surface area (Å²) in [5.74, 6) is 6.50. The van der Waals surface area contributed by atoms with Gasteiger partial charge in [0.05, 0.1) is 0 Å². The van der Waals surface area contributed by atoms with Crippen LogP contribution in [0.4, 0.5) is 0 Å². The van der Waals surface area contributed by atoms with E-state index in [1.54, 1.807) is 0 Å². The summed E-state index contributed by atoms with van der Waals surface area (Å²) in [5.41, 5.74) is 2.85. The van der Waals surface area contributed by atoms with Crippen molar-refractivity contribution in [3.63, 3.8) is 0 Å². The first-order valence-electron chi connectivity index (χ1n) is 7.14. The van der Waals surface area contributed by atoms with Gasteiger partial charge in [0.15, 0.2) is 0 Å². The molecule has 0 saturated carbocycles. The molecule has 3 heteroatoms. The molecule has 0 atom stereocenters. The van der Waals surface area contributed by atoms with Crippen molar-refractivity contribution in [1.82, 2.24) is 9.99 Å². The minimum absolute atomic E-state index is 0.635. The third-order valence-electron chi connectivity index (χ3n) is 4.24. The summed E-state index contributed by atoms with van der Waals surface area (Å²) < 4.78 is 0. The molecule has 100 valence electrons. The Balaban J connectivity index is 2.07.